The third-order valence-corrected chi connectivity index (χ3v) is 4.41. The molecule has 3 nitrogen and oxygen atoms in total. The Morgan fingerprint density at radius 2 is 1.83 bits per heavy atom. The molecule has 2 unspecified atom stereocenters. The number of halogens is 1. The molecule has 106 valence electrons. The van der Waals surface area contributed by atoms with Crippen molar-refractivity contribution in [3.8, 4) is 0 Å². The molecule has 2 atom stereocenters. The zero-order valence-electron chi connectivity index (χ0n) is 11.2. The average Bonchev–Trinajstić information content (AvgIpc) is 2.82. The molecular weight excluding hydrogens is 248 g/mol. The second-order valence-corrected chi connectivity index (χ2v) is 5.85. The van der Waals surface area contributed by atoms with Gasteiger partial charge in [-0.05, 0) is 31.6 Å². The largest absolute Gasteiger partial charge is 0.356 e. The van der Waals surface area contributed by atoms with Crippen molar-refractivity contribution in [1.29, 1.82) is 0 Å². The van der Waals surface area contributed by atoms with Crippen molar-refractivity contribution < 1.29 is 4.79 Å². The van der Waals surface area contributed by atoms with Gasteiger partial charge in [0.1, 0.15) is 0 Å². The summed E-state index contributed by atoms with van der Waals surface area (Å²) in [6, 6.07) is 0.245. The fourth-order valence-corrected chi connectivity index (χ4v) is 3.31. The Morgan fingerprint density at radius 1 is 1.11 bits per heavy atom. The van der Waals surface area contributed by atoms with E-state index < -0.39 is 0 Å². The molecule has 0 heterocycles. The first kappa shape index (κ1) is 15.8. The van der Waals surface area contributed by atoms with Gasteiger partial charge in [-0.3, -0.25) is 4.79 Å². The lowest BCUT2D eigenvalue weighted by molar-refractivity contribution is -0.126. The third kappa shape index (κ3) is 4.77. The lowest BCUT2D eigenvalue weighted by Crippen LogP contribution is -2.38. The maximum Gasteiger partial charge on any atom is 0.223 e. The summed E-state index contributed by atoms with van der Waals surface area (Å²) < 4.78 is 0. The smallest absolute Gasteiger partial charge is 0.223 e. The molecular formula is C14H27ClN2O. The lowest BCUT2D eigenvalue weighted by atomic mass is 9.85. The predicted molar refractivity (Wildman–Crippen MR) is 76.8 cm³/mol. The number of nitrogens with one attached hydrogen (secondary N) is 1. The van der Waals surface area contributed by atoms with Crippen LogP contribution < -0.4 is 11.1 Å². The van der Waals surface area contributed by atoms with E-state index in [-0.39, 0.29) is 30.3 Å². The molecule has 0 radical (unpaired) electrons. The van der Waals surface area contributed by atoms with Gasteiger partial charge in [-0.1, -0.05) is 32.1 Å². The predicted octanol–water partition coefficient (Wildman–Crippen LogP) is 2.62. The van der Waals surface area contributed by atoms with Crippen molar-refractivity contribution in [3.05, 3.63) is 0 Å². The molecule has 2 saturated carbocycles. The molecule has 4 heteroatoms. The van der Waals surface area contributed by atoms with E-state index in [4.69, 9.17) is 5.73 Å². The number of rotatable bonds is 4. The highest BCUT2D eigenvalue weighted by molar-refractivity contribution is 5.85. The Balaban J connectivity index is 0.00000162. The molecule has 2 fully saturated rings. The maximum atomic E-state index is 12.0. The van der Waals surface area contributed by atoms with Crippen molar-refractivity contribution in [2.24, 2.45) is 17.6 Å². The molecule has 2 aliphatic rings. The van der Waals surface area contributed by atoms with E-state index in [1.807, 2.05) is 0 Å². The van der Waals surface area contributed by atoms with E-state index in [1.54, 1.807) is 0 Å². The Labute approximate surface area is 117 Å². The van der Waals surface area contributed by atoms with Crippen molar-refractivity contribution in [1.82, 2.24) is 5.32 Å². The van der Waals surface area contributed by atoms with Crippen LogP contribution in [0.3, 0.4) is 0 Å². The molecule has 0 aliphatic heterocycles. The number of carbonyl (C=O) groups excluding carboxylic acids is 1. The zero-order chi connectivity index (χ0) is 12.1. The second-order valence-electron chi connectivity index (χ2n) is 5.85. The summed E-state index contributed by atoms with van der Waals surface area (Å²) >= 11 is 0. The molecule has 0 bridgehead atoms. The first-order valence-corrected chi connectivity index (χ1v) is 7.29. The molecule has 18 heavy (non-hydrogen) atoms. The van der Waals surface area contributed by atoms with E-state index in [0.717, 1.165) is 38.1 Å². The summed E-state index contributed by atoms with van der Waals surface area (Å²) in [6.45, 7) is 0.870. The van der Waals surface area contributed by atoms with Crippen LogP contribution in [0.2, 0.25) is 0 Å². The van der Waals surface area contributed by atoms with Crippen molar-refractivity contribution >= 4 is 18.3 Å². The van der Waals surface area contributed by atoms with Crippen LogP contribution in [0.4, 0.5) is 0 Å². The minimum absolute atomic E-state index is 0. The van der Waals surface area contributed by atoms with E-state index in [1.165, 1.54) is 32.1 Å². The summed E-state index contributed by atoms with van der Waals surface area (Å²) in [7, 11) is 0. The molecule has 0 aromatic rings. The Kier molecular flexibility index (Phi) is 7.02. The van der Waals surface area contributed by atoms with Gasteiger partial charge >= 0.3 is 0 Å². The summed E-state index contributed by atoms with van der Waals surface area (Å²) in [5.74, 6) is 1.30. The van der Waals surface area contributed by atoms with E-state index in [0.29, 0.717) is 0 Å². The van der Waals surface area contributed by atoms with Gasteiger partial charge in [0.25, 0.3) is 0 Å². The average molecular weight is 275 g/mol. The number of nitrogens with two attached hydrogens (primary N) is 1. The molecule has 1 amide bonds. The highest BCUT2D eigenvalue weighted by Crippen LogP contribution is 2.27. The van der Waals surface area contributed by atoms with Gasteiger partial charge in [0.2, 0.25) is 5.91 Å². The van der Waals surface area contributed by atoms with Gasteiger partial charge in [-0.25, -0.2) is 0 Å². The van der Waals surface area contributed by atoms with Crippen LogP contribution in [-0.4, -0.2) is 18.5 Å². The second kappa shape index (κ2) is 8.00. The van der Waals surface area contributed by atoms with Gasteiger partial charge in [0.15, 0.2) is 0 Å². The maximum absolute atomic E-state index is 12.0. The van der Waals surface area contributed by atoms with Gasteiger partial charge in [0, 0.05) is 18.5 Å². The van der Waals surface area contributed by atoms with Crippen LogP contribution in [0.5, 0.6) is 0 Å². The van der Waals surface area contributed by atoms with E-state index in [9.17, 15) is 4.79 Å². The molecule has 0 aromatic heterocycles. The number of carbonyl (C=O) groups is 1. The Morgan fingerprint density at radius 3 is 2.50 bits per heavy atom. The monoisotopic (exact) mass is 274 g/mol. The third-order valence-electron chi connectivity index (χ3n) is 4.41. The summed E-state index contributed by atoms with van der Waals surface area (Å²) in [4.78, 5) is 12.0. The van der Waals surface area contributed by atoms with Crippen LogP contribution >= 0.6 is 12.4 Å². The zero-order valence-corrected chi connectivity index (χ0v) is 12.0. The normalized spacial score (nSPS) is 28.7. The number of amides is 1. The van der Waals surface area contributed by atoms with Crippen LogP contribution in [0.25, 0.3) is 0 Å². The number of hydrogen-bond donors (Lipinski definition) is 2. The minimum Gasteiger partial charge on any atom is -0.356 e. The standard InChI is InChI=1S/C14H26N2O.ClH/c15-13-7-3-6-12(10-13)14(17)16-9-8-11-4-1-2-5-11;/h11-13H,1-10,15H2,(H,16,17);1H. The topological polar surface area (TPSA) is 55.1 Å². The van der Waals surface area contributed by atoms with Gasteiger partial charge in [0.05, 0.1) is 0 Å². The van der Waals surface area contributed by atoms with E-state index >= 15 is 0 Å². The lowest BCUT2D eigenvalue weighted by Gasteiger charge is -2.25. The minimum atomic E-state index is 0. The van der Waals surface area contributed by atoms with Crippen molar-refractivity contribution in [3.63, 3.8) is 0 Å². The highest BCUT2D eigenvalue weighted by Gasteiger charge is 2.25. The Hall–Kier alpha value is -0.280. The molecule has 0 saturated heterocycles. The molecule has 0 aromatic carbocycles. The van der Waals surface area contributed by atoms with Crippen molar-refractivity contribution in [2.75, 3.05) is 6.54 Å². The van der Waals surface area contributed by atoms with Crippen molar-refractivity contribution in [2.45, 2.75) is 63.8 Å². The summed E-state index contributed by atoms with van der Waals surface area (Å²) in [6.07, 6.45) is 10.8. The SMILES string of the molecule is Cl.NC1CCCC(C(=O)NCCC2CCCC2)C1. The number of hydrogen-bond acceptors (Lipinski definition) is 2. The summed E-state index contributed by atoms with van der Waals surface area (Å²) in [5.41, 5.74) is 5.91. The Bertz CT molecular complexity index is 254. The first-order valence-electron chi connectivity index (χ1n) is 7.29. The van der Waals surface area contributed by atoms with Crippen LogP contribution in [0.15, 0.2) is 0 Å². The summed E-state index contributed by atoms with van der Waals surface area (Å²) in [5, 5.41) is 3.11. The van der Waals surface area contributed by atoms with Gasteiger partial charge < -0.3 is 11.1 Å². The first-order chi connectivity index (χ1) is 8.25. The fraction of sp³-hybridized carbons (Fsp3) is 0.929. The molecule has 3 N–H and O–H groups in total. The fourth-order valence-electron chi connectivity index (χ4n) is 3.31. The van der Waals surface area contributed by atoms with Gasteiger partial charge in [-0.2, -0.15) is 0 Å². The van der Waals surface area contributed by atoms with Crippen LogP contribution in [-0.2, 0) is 4.79 Å². The molecule has 2 rings (SSSR count). The molecule has 0 spiro atoms. The molecule has 2 aliphatic carbocycles. The quantitative estimate of drug-likeness (QED) is 0.828. The van der Waals surface area contributed by atoms with Crippen LogP contribution in [0, 0.1) is 11.8 Å². The van der Waals surface area contributed by atoms with E-state index in [2.05, 4.69) is 5.32 Å². The van der Waals surface area contributed by atoms with Gasteiger partial charge in [-0.15, -0.1) is 12.4 Å². The van der Waals surface area contributed by atoms with Crippen LogP contribution in [0.1, 0.15) is 57.8 Å². The highest BCUT2D eigenvalue weighted by atomic mass is 35.5.